The molecule has 8 N–H and O–H groups in total. The molecule has 1 saturated carbocycles. The second-order valence-corrected chi connectivity index (χ2v) is 12.3. The largest absolute Gasteiger partial charge is 0.465 e. The van der Waals surface area contributed by atoms with Crippen LogP contribution in [0.5, 0.6) is 0 Å². The topological polar surface area (TPSA) is 211 Å². The van der Waals surface area contributed by atoms with Gasteiger partial charge in [-0.3, -0.25) is 14.4 Å². The molecule has 0 radical (unpaired) electrons. The first-order valence-corrected chi connectivity index (χ1v) is 16.2. The fourth-order valence-electron chi connectivity index (χ4n) is 6.12. The predicted molar refractivity (Wildman–Crippen MR) is 170 cm³/mol. The minimum Gasteiger partial charge on any atom is -0.465 e. The second kappa shape index (κ2) is 18.7. The van der Waals surface area contributed by atoms with Crippen LogP contribution in [0.3, 0.4) is 0 Å². The second-order valence-electron chi connectivity index (χ2n) is 12.3. The lowest BCUT2D eigenvalue weighted by Crippen LogP contribution is -2.62. The molecule has 1 aliphatic carbocycles. The third-order valence-corrected chi connectivity index (χ3v) is 8.87. The quantitative estimate of drug-likeness (QED) is 0.0879. The highest BCUT2D eigenvalue weighted by Gasteiger charge is 2.46. The summed E-state index contributed by atoms with van der Waals surface area (Å²) in [4.78, 5) is 49.7. The van der Waals surface area contributed by atoms with Crippen molar-refractivity contribution in [3.8, 4) is 0 Å². The van der Waals surface area contributed by atoms with Crippen LogP contribution in [0, 0.1) is 11.8 Å². The Kier molecular flexibility index (Phi) is 15.1. The summed E-state index contributed by atoms with van der Waals surface area (Å²) in [6.45, 7) is 1.25. The monoisotopic (exact) mass is 645 g/mol. The molecule has 0 spiro atoms. The maximum absolute atomic E-state index is 14.2. The molecule has 13 heteroatoms. The normalized spacial score (nSPS) is 18.4. The SMILES string of the molecule is CCCCOC(=O)C(C1CCCCC1)[C@H](NC(=O)[C@H](Cc1cnc[nH]1)N(C)C(=O)[C@@H](N)Cc1ccccc1)[C@@H](O)[C@H](O)[C@H](O)CO. The Morgan fingerprint density at radius 3 is 2.39 bits per heavy atom. The summed E-state index contributed by atoms with van der Waals surface area (Å²) >= 11 is 0. The number of nitrogens with one attached hydrogen (secondary N) is 2. The van der Waals surface area contributed by atoms with Crippen LogP contribution in [0.1, 0.15) is 63.1 Å². The number of imidazole rings is 1. The zero-order valence-corrected chi connectivity index (χ0v) is 26.8. The van der Waals surface area contributed by atoms with E-state index in [0.29, 0.717) is 25.0 Å². The Balaban J connectivity index is 1.96. The average molecular weight is 646 g/mol. The van der Waals surface area contributed by atoms with Gasteiger partial charge in [-0.2, -0.15) is 0 Å². The van der Waals surface area contributed by atoms with Gasteiger partial charge in [0.15, 0.2) is 0 Å². The number of nitrogens with two attached hydrogens (primary N) is 1. The summed E-state index contributed by atoms with van der Waals surface area (Å²) < 4.78 is 5.61. The van der Waals surface area contributed by atoms with Crippen molar-refractivity contribution >= 4 is 17.8 Å². The van der Waals surface area contributed by atoms with Gasteiger partial charge < -0.3 is 46.1 Å². The fourth-order valence-corrected chi connectivity index (χ4v) is 6.12. The summed E-state index contributed by atoms with van der Waals surface area (Å²) in [6, 6.07) is 5.71. The number of aliphatic hydroxyl groups excluding tert-OH is 4. The van der Waals surface area contributed by atoms with Crippen LogP contribution in [0.4, 0.5) is 0 Å². The number of benzene rings is 1. The van der Waals surface area contributed by atoms with E-state index in [1.54, 1.807) is 0 Å². The molecule has 13 nitrogen and oxygen atoms in total. The lowest BCUT2D eigenvalue weighted by atomic mass is 9.74. The number of amides is 2. The van der Waals surface area contributed by atoms with E-state index >= 15 is 0 Å². The van der Waals surface area contributed by atoms with Crippen LogP contribution in [0.2, 0.25) is 0 Å². The van der Waals surface area contributed by atoms with Crippen molar-refractivity contribution in [2.24, 2.45) is 17.6 Å². The van der Waals surface area contributed by atoms with Gasteiger partial charge in [-0.1, -0.05) is 62.9 Å². The molecule has 7 atom stereocenters. The number of likely N-dealkylation sites (N-methyl/N-ethyl adjacent to an activating group) is 1. The molecule has 3 rings (SSSR count). The van der Waals surface area contributed by atoms with Crippen LogP contribution in [-0.4, -0.2) is 110 Å². The number of nitrogens with zero attached hydrogens (tertiary/aromatic N) is 2. The van der Waals surface area contributed by atoms with Crippen LogP contribution < -0.4 is 11.1 Å². The van der Waals surface area contributed by atoms with Gasteiger partial charge in [-0.05, 0) is 37.2 Å². The third-order valence-electron chi connectivity index (χ3n) is 8.87. The smallest absolute Gasteiger partial charge is 0.311 e. The molecule has 0 aliphatic heterocycles. The van der Waals surface area contributed by atoms with E-state index in [4.69, 9.17) is 10.5 Å². The molecule has 256 valence electrons. The van der Waals surface area contributed by atoms with Crippen LogP contribution >= 0.6 is 0 Å². The number of esters is 1. The number of carbonyl (C=O) groups is 3. The molecule has 2 aromatic rings. The maximum Gasteiger partial charge on any atom is 0.311 e. The van der Waals surface area contributed by atoms with E-state index in [0.717, 1.165) is 31.2 Å². The van der Waals surface area contributed by atoms with Gasteiger partial charge in [-0.15, -0.1) is 0 Å². The first-order chi connectivity index (χ1) is 22.1. The Bertz CT molecular complexity index is 1190. The predicted octanol–water partition coefficient (Wildman–Crippen LogP) is 0.449. The Morgan fingerprint density at radius 1 is 1.09 bits per heavy atom. The molecule has 0 bridgehead atoms. The molecule has 1 fully saturated rings. The van der Waals surface area contributed by atoms with Crippen molar-refractivity contribution in [2.45, 2.75) is 101 Å². The number of H-pyrrole nitrogens is 1. The molecule has 1 unspecified atom stereocenters. The van der Waals surface area contributed by atoms with E-state index < -0.39 is 66.7 Å². The van der Waals surface area contributed by atoms with Gasteiger partial charge in [0.25, 0.3) is 0 Å². The highest BCUT2D eigenvalue weighted by Crippen LogP contribution is 2.34. The highest BCUT2D eigenvalue weighted by molar-refractivity contribution is 5.90. The van der Waals surface area contributed by atoms with Gasteiger partial charge in [0.05, 0.1) is 37.5 Å². The van der Waals surface area contributed by atoms with Crippen LogP contribution in [-0.2, 0) is 32.0 Å². The number of rotatable bonds is 18. The molecule has 46 heavy (non-hydrogen) atoms. The number of hydrogen-bond donors (Lipinski definition) is 7. The van der Waals surface area contributed by atoms with Crippen molar-refractivity contribution in [2.75, 3.05) is 20.3 Å². The summed E-state index contributed by atoms with van der Waals surface area (Å²) in [5.74, 6) is -3.19. The zero-order valence-electron chi connectivity index (χ0n) is 26.8. The summed E-state index contributed by atoms with van der Waals surface area (Å²) in [7, 11) is 1.46. The molecule has 1 aliphatic rings. The van der Waals surface area contributed by atoms with Gasteiger partial charge in [0.1, 0.15) is 24.4 Å². The van der Waals surface area contributed by atoms with Gasteiger partial charge >= 0.3 is 5.97 Å². The number of aromatic amines is 1. The minimum atomic E-state index is -1.89. The molecular weight excluding hydrogens is 594 g/mol. The van der Waals surface area contributed by atoms with Crippen molar-refractivity contribution in [3.63, 3.8) is 0 Å². The molecule has 1 aromatic carbocycles. The number of unbranched alkanes of at least 4 members (excludes halogenated alkanes) is 1. The fraction of sp³-hybridized carbons (Fsp3) is 0.636. The molecular formula is C33H51N5O8. The van der Waals surface area contributed by atoms with E-state index in [1.165, 1.54) is 24.5 Å². The average Bonchev–Trinajstić information content (AvgIpc) is 3.59. The molecule has 0 saturated heterocycles. The highest BCUT2D eigenvalue weighted by atomic mass is 16.5. The number of hydrogen-bond acceptors (Lipinski definition) is 10. The summed E-state index contributed by atoms with van der Waals surface area (Å²) in [5.41, 5.74) is 7.71. The van der Waals surface area contributed by atoms with Crippen molar-refractivity contribution in [1.82, 2.24) is 20.2 Å². The number of ether oxygens (including phenoxy) is 1. The van der Waals surface area contributed by atoms with Crippen molar-refractivity contribution in [1.29, 1.82) is 0 Å². The first-order valence-electron chi connectivity index (χ1n) is 16.2. The Morgan fingerprint density at radius 2 is 1.78 bits per heavy atom. The van der Waals surface area contributed by atoms with E-state index in [2.05, 4.69) is 15.3 Å². The molecule has 1 aromatic heterocycles. The van der Waals surface area contributed by atoms with Gasteiger partial charge in [0.2, 0.25) is 11.8 Å². The van der Waals surface area contributed by atoms with Gasteiger partial charge in [0, 0.05) is 25.4 Å². The maximum atomic E-state index is 14.2. The number of aromatic nitrogens is 2. The standard InChI is InChI=1S/C33H51N5O8/c1-3-4-15-46-33(45)27(22-13-9-6-10-14-22)28(30(42)29(41)26(40)19-39)37-31(43)25(17-23-18-35-20-36-23)38(2)32(44)24(34)16-21-11-7-5-8-12-21/h5,7-8,11-12,18,20,22,24-30,39-42H,3-4,6,9-10,13-17,19,34H2,1-2H3,(H,35,36)(H,37,43)/t24-,25-,26+,27?,28-,29+,30+/m0/s1. The first kappa shape index (κ1) is 37.1. The Hall–Kier alpha value is -3.36. The van der Waals surface area contributed by atoms with Gasteiger partial charge in [-0.25, -0.2) is 4.98 Å². The summed E-state index contributed by atoms with van der Waals surface area (Å²) in [6.07, 6.45) is 3.04. The summed E-state index contributed by atoms with van der Waals surface area (Å²) in [5, 5.41) is 44.8. The number of carbonyl (C=O) groups excluding carboxylic acids is 3. The van der Waals surface area contributed by atoms with Crippen LogP contribution in [0.25, 0.3) is 0 Å². The van der Waals surface area contributed by atoms with E-state index in [9.17, 15) is 34.8 Å². The lowest BCUT2D eigenvalue weighted by Gasteiger charge is -2.40. The molecule has 1 heterocycles. The Labute approximate surface area is 270 Å². The third kappa shape index (κ3) is 10.3. The minimum absolute atomic E-state index is 0.00576. The van der Waals surface area contributed by atoms with Crippen molar-refractivity contribution < 1.29 is 39.5 Å². The molecule has 2 amide bonds. The number of aliphatic hydroxyl groups is 4. The zero-order chi connectivity index (χ0) is 33.6. The van der Waals surface area contributed by atoms with Crippen LogP contribution in [0.15, 0.2) is 42.9 Å². The van der Waals surface area contributed by atoms with E-state index in [-0.39, 0.29) is 25.4 Å². The van der Waals surface area contributed by atoms with E-state index in [1.807, 2.05) is 37.3 Å². The lowest BCUT2D eigenvalue weighted by molar-refractivity contribution is -0.159. The van der Waals surface area contributed by atoms with Crippen molar-refractivity contribution in [3.05, 3.63) is 54.1 Å².